The van der Waals surface area contributed by atoms with Crippen molar-refractivity contribution < 1.29 is 9.15 Å². The van der Waals surface area contributed by atoms with Gasteiger partial charge in [0.1, 0.15) is 12.4 Å². The van der Waals surface area contributed by atoms with Crippen molar-refractivity contribution >= 4 is 11.3 Å². The van der Waals surface area contributed by atoms with E-state index in [1.807, 2.05) is 36.6 Å². The van der Waals surface area contributed by atoms with Crippen LogP contribution in [0.2, 0.25) is 0 Å². The molecule has 0 saturated carbocycles. The maximum atomic E-state index is 5.66. The number of benzene rings is 1. The molecule has 0 aliphatic heterocycles. The topological polar surface area (TPSA) is 61.0 Å². The minimum Gasteiger partial charge on any atom is -0.487 e. The molecular weight excluding hydrogens is 262 g/mol. The van der Waals surface area contributed by atoms with E-state index < -0.39 is 0 Å². The van der Waals surface area contributed by atoms with Crippen LogP contribution >= 0.6 is 11.3 Å². The van der Waals surface area contributed by atoms with Crippen molar-refractivity contribution in [2.24, 2.45) is 0 Å². The molecule has 0 bridgehead atoms. The van der Waals surface area contributed by atoms with Gasteiger partial charge in [0.2, 0.25) is 12.3 Å². The maximum Gasteiger partial charge on any atom is 0.247 e. The molecule has 3 aromatic rings. The van der Waals surface area contributed by atoms with Gasteiger partial charge >= 0.3 is 0 Å². The van der Waals surface area contributed by atoms with Crippen LogP contribution in [0.3, 0.4) is 0 Å². The molecular formula is C13H11N3O2S. The van der Waals surface area contributed by atoms with Gasteiger partial charge in [-0.1, -0.05) is 0 Å². The van der Waals surface area contributed by atoms with Crippen molar-refractivity contribution in [1.82, 2.24) is 15.2 Å². The summed E-state index contributed by atoms with van der Waals surface area (Å²) >= 11 is 1.62. The molecule has 0 saturated heterocycles. The Labute approximate surface area is 113 Å². The minimum absolute atomic E-state index is 0.476. The molecule has 1 aromatic carbocycles. The first kappa shape index (κ1) is 11.9. The molecule has 0 atom stereocenters. The summed E-state index contributed by atoms with van der Waals surface area (Å²) in [6.07, 6.45) is 1.31. The normalized spacial score (nSPS) is 10.6. The Kier molecular flexibility index (Phi) is 3.24. The predicted molar refractivity (Wildman–Crippen MR) is 70.9 cm³/mol. The van der Waals surface area contributed by atoms with E-state index in [9.17, 15) is 0 Å². The zero-order chi connectivity index (χ0) is 13.1. The average molecular weight is 273 g/mol. The Bertz CT molecular complexity index is 647. The summed E-state index contributed by atoms with van der Waals surface area (Å²) < 4.78 is 10.8. The lowest BCUT2D eigenvalue weighted by atomic mass is 10.2. The first-order valence-electron chi connectivity index (χ1n) is 5.72. The van der Waals surface area contributed by atoms with Crippen LogP contribution in [0.4, 0.5) is 0 Å². The summed E-state index contributed by atoms with van der Waals surface area (Å²) in [4.78, 5) is 4.34. The van der Waals surface area contributed by atoms with Crippen molar-refractivity contribution in [3.63, 3.8) is 0 Å². The van der Waals surface area contributed by atoms with Crippen LogP contribution in [0.1, 0.15) is 10.7 Å². The summed E-state index contributed by atoms with van der Waals surface area (Å²) in [6, 6.07) is 7.52. The number of ether oxygens (including phenoxy) is 1. The van der Waals surface area contributed by atoms with E-state index in [0.717, 1.165) is 22.0 Å². The molecule has 0 radical (unpaired) electrons. The van der Waals surface area contributed by atoms with Gasteiger partial charge < -0.3 is 9.15 Å². The van der Waals surface area contributed by atoms with Gasteiger partial charge in [0.25, 0.3) is 0 Å². The molecule has 19 heavy (non-hydrogen) atoms. The molecule has 0 unspecified atom stereocenters. The molecule has 0 amide bonds. The van der Waals surface area contributed by atoms with Crippen LogP contribution in [-0.4, -0.2) is 15.2 Å². The Hall–Kier alpha value is -2.21. The summed E-state index contributed by atoms with van der Waals surface area (Å²) in [5.41, 5.74) is 1.82. The van der Waals surface area contributed by atoms with E-state index in [1.165, 1.54) is 6.39 Å². The lowest BCUT2D eigenvalue weighted by Gasteiger charge is -2.04. The number of aromatic nitrogens is 3. The van der Waals surface area contributed by atoms with E-state index in [1.54, 1.807) is 11.3 Å². The van der Waals surface area contributed by atoms with E-state index >= 15 is 0 Å². The largest absolute Gasteiger partial charge is 0.487 e. The van der Waals surface area contributed by atoms with Gasteiger partial charge in [-0.25, -0.2) is 4.98 Å². The first-order chi connectivity index (χ1) is 9.31. The Morgan fingerprint density at radius 1 is 1.26 bits per heavy atom. The maximum absolute atomic E-state index is 5.66. The SMILES string of the molecule is Cc1nc(COc2ccc(-c3nnco3)cc2)cs1. The fourth-order valence-corrected chi connectivity index (χ4v) is 2.22. The lowest BCUT2D eigenvalue weighted by Crippen LogP contribution is -1.95. The van der Waals surface area contributed by atoms with Crippen LogP contribution in [0.5, 0.6) is 5.75 Å². The molecule has 0 N–H and O–H groups in total. The van der Waals surface area contributed by atoms with Crippen molar-refractivity contribution in [2.45, 2.75) is 13.5 Å². The highest BCUT2D eigenvalue weighted by atomic mass is 32.1. The standard InChI is InChI=1S/C13H11N3O2S/c1-9-15-11(7-19-9)6-17-12-4-2-10(3-5-12)13-16-14-8-18-13/h2-5,7-8H,6H2,1H3. The van der Waals surface area contributed by atoms with Crippen LogP contribution in [-0.2, 0) is 6.61 Å². The third-order valence-corrected chi connectivity index (χ3v) is 3.34. The van der Waals surface area contributed by atoms with Gasteiger partial charge in [-0.2, -0.15) is 0 Å². The molecule has 6 heteroatoms. The van der Waals surface area contributed by atoms with E-state index in [-0.39, 0.29) is 0 Å². The van der Waals surface area contributed by atoms with Crippen molar-refractivity contribution in [3.8, 4) is 17.2 Å². The number of thiazole rings is 1. The quantitative estimate of drug-likeness (QED) is 0.731. The second kappa shape index (κ2) is 5.19. The van der Waals surface area contributed by atoms with E-state index in [2.05, 4.69) is 15.2 Å². The van der Waals surface area contributed by atoms with Gasteiger partial charge in [-0.05, 0) is 31.2 Å². The van der Waals surface area contributed by atoms with Gasteiger partial charge in [-0.3, -0.25) is 0 Å². The zero-order valence-corrected chi connectivity index (χ0v) is 11.1. The van der Waals surface area contributed by atoms with Gasteiger partial charge in [0, 0.05) is 10.9 Å². The molecule has 0 spiro atoms. The second-order valence-corrected chi connectivity index (χ2v) is 4.98. The van der Waals surface area contributed by atoms with Gasteiger partial charge in [0.05, 0.1) is 10.7 Å². The van der Waals surface area contributed by atoms with Crippen LogP contribution in [0, 0.1) is 6.92 Å². The summed E-state index contributed by atoms with van der Waals surface area (Å²) in [6.45, 7) is 2.46. The highest BCUT2D eigenvalue weighted by Gasteiger charge is 2.04. The molecule has 0 aliphatic rings. The molecule has 5 nitrogen and oxygen atoms in total. The Morgan fingerprint density at radius 3 is 2.74 bits per heavy atom. The van der Waals surface area contributed by atoms with E-state index in [0.29, 0.717) is 12.5 Å². The highest BCUT2D eigenvalue weighted by molar-refractivity contribution is 7.09. The van der Waals surface area contributed by atoms with Crippen LogP contribution in [0.15, 0.2) is 40.5 Å². The summed E-state index contributed by atoms with van der Waals surface area (Å²) in [5.74, 6) is 1.29. The number of nitrogens with zero attached hydrogens (tertiary/aromatic N) is 3. The molecule has 96 valence electrons. The van der Waals surface area contributed by atoms with Gasteiger partial charge in [-0.15, -0.1) is 21.5 Å². The Balaban J connectivity index is 1.66. The number of hydrogen-bond donors (Lipinski definition) is 0. The van der Waals surface area contributed by atoms with Crippen molar-refractivity contribution in [2.75, 3.05) is 0 Å². The third kappa shape index (κ3) is 2.79. The number of hydrogen-bond acceptors (Lipinski definition) is 6. The molecule has 0 aliphatic carbocycles. The fourth-order valence-electron chi connectivity index (χ4n) is 1.62. The molecule has 2 heterocycles. The summed E-state index contributed by atoms with van der Waals surface area (Å²) in [7, 11) is 0. The fraction of sp³-hybridized carbons (Fsp3) is 0.154. The monoisotopic (exact) mass is 273 g/mol. The highest BCUT2D eigenvalue weighted by Crippen LogP contribution is 2.21. The minimum atomic E-state index is 0.476. The first-order valence-corrected chi connectivity index (χ1v) is 6.59. The number of aryl methyl sites for hydroxylation is 1. The molecule has 2 aromatic heterocycles. The van der Waals surface area contributed by atoms with Crippen LogP contribution < -0.4 is 4.74 Å². The van der Waals surface area contributed by atoms with Crippen molar-refractivity contribution in [1.29, 1.82) is 0 Å². The smallest absolute Gasteiger partial charge is 0.247 e. The van der Waals surface area contributed by atoms with Gasteiger partial charge in [0.15, 0.2) is 0 Å². The van der Waals surface area contributed by atoms with Crippen LogP contribution in [0.25, 0.3) is 11.5 Å². The lowest BCUT2D eigenvalue weighted by molar-refractivity contribution is 0.302. The predicted octanol–water partition coefficient (Wildman–Crippen LogP) is 3.08. The summed E-state index contributed by atoms with van der Waals surface area (Å²) in [5, 5.41) is 10.5. The van der Waals surface area contributed by atoms with Crippen molar-refractivity contribution in [3.05, 3.63) is 46.7 Å². The zero-order valence-electron chi connectivity index (χ0n) is 10.2. The third-order valence-electron chi connectivity index (χ3n) is 2.51. The Morgan fingerprint density at radius 2 is 2.11 bits per heavy atom. The second-order valence-electron chi connectivity index (χ2n) is 3.91. The number of rotatable bonds is 4. The van der Waals surface area contributed by atoms with E-state index in [4.69, 9.17) is 9.15 Å². The molecule has 0 fully saturated rings. The average Bonchev–Trinajstić information content (AvgIpc) is 3.08. The molecule has 3 rings (SSSR count).